The van der Waals surface area contributed by atoms with E-state index in [4.69, 9.17) is 14.3 Å². The smallest absolute Gasteiger partial charge is 0.371 e. The molecule has 27 heavy (non-hydrogen) atoms. The quantitative estimate of drug-likeness (QED) is 0.456. The van der Waals surface area contributed by atoms with Crippen LogP contribution in [0.25, 0.3) is 11.2 Å². The number of phosphoric ester groups is 1. The maximum absolute atomic E-state index is 11.5. The number of hydrogen-bond donors (Lipinski definition) is 4. The molecule has 0 spiro atoms. The summed E-state index contributed by atoms with van der Waals surface area (Å²) in [7, 11) is -8.12. The van der Waals surface area contributed by atoms with Crippen LogP contribution in [-0.4, -0.2) is 47.9 Å². The molecule has 150 valence electrons. The second-order valence-electron chi connectivity index (χ2n) is 6.42. The summed E-state index contributed by atoms with van der Waals surface area (Å²) >= 11 is 0. The molecule has 0 saturated heterocycles. The fourth-order valence-electron chi connectivity index (χ4n) is 3.33. The summed E-state index contributed by atoms with van der Waals surface area (Å²) in [5.41, 5.74) is 1.41. The molecule has 0 amide bonds. The van der Waals surface area contributed by atoms with Gasteiger partial charge in [-0.3, -0.25) is 4.52 Å². The average Bonchev–Trinajstić information content (AvgIpc) is 3.18. The highest BCUT2D eigenvalue weighted by atomic mass is 31.3. The molecule has 14 heteroatoms. The van der Waals surface area contributed by atoms with Gasteiger partial charge in [-0.05, 0) is 31.1 Å². The Morgan fingerprint density at radius 2 is 1.96 bits per heavy atom. The lowest BCUT2D eigenvalue weighted by Crippen LogP contribution is -2.10. The minimum absolute atomic E-state index is 0.00636. The second-order valence-corrected chi connectivity index (χ2v) is 9.25. The van der Waals surface area contributed by atoms with E-state index in [0.717, 1.165) is 24.9 Å². The summed E-state index contributed by atoms with van der Waals surface area (Å²) in [6.45, 7) is 0.573. The van der Waals surface area contributed by atoms with Crippen LogP contribution in [0.2, 0.25) is 0 Å². The van der Waals surface area contributed by atoms with Crippen LogP contribution in [-0.2, 0) is 24.5 Å². The van der Waals surface area contributed by atoms with Crippen LogP contribution in [0.3, 0.4) is 0 Å². The molecule has 12 nitrogen and oxygen atoms in total. The van der Waals surface area contributed by atoms with Crippen molar-refractivity contribution in [3.05, 3.63) is 12.7 Å². The van der Waals surface area contributed by atoms with E-state index in [1.165, 1.54) is 6.33 Å². The van der Waals surface area contributed by atoms with Gasteiger partial charge in [0.25, 0.3) is 0 Å². The maximum atomic E-state index is 11.5. The van der Waals surface area contributed by atoms with Crippen molar-refractivity contribution < 1.29 is 32.6 Å². The highest BCUT2D eigenvalue weighted by molar-refractivity contribution is 7.60. The number of hydrogen-bond acceptors (Lipinski definition) is 8. The van der Waals surface area contributed by atoms with Gasteiger partial charge in [-0.1, -0.05) is 0 Å². The highest BCUT2D eigenvalue weighted by Crippen LogP contribution is 2.58. The van der Waals surface area contributed by atoms with Crippen molar-refractivity contribution in [2.75, 3.05) is 19.0 Å². The number of aromatic nitrogens is 4. The van der Waals surface area contributed by atoms with Crippen LogP contribution in [0.5, 0.6) is 0 Å². The van der Waals surface area contributed by atoms with Crippen molar-refractivity contribution >= 4 is 32.6 Å². The lowest BCUT2D eigenvalue weighted by atomic mass is 10.1. The Morgan fingerprint density at radius 1 is 1.22 bits per heavy atom. The normalized spacial score (nSPS) is 22.8. The fourth-order valence-corrected chi connectivity index (χ4v) is 4.99. The van der Waals surface area contributed by atoms with E-state index in [9.17, 15) is 14.0 Å². The van der Waals surface area contributed by atoms with Crippen molar-refractivity contribution in [2.24, 2.45) is 11.8 Å². The zero-order chi connectivity index (χ0) is 19.7. The molecule has 1 aliphatic carbocycles. The average molecular weight is 421 g/mol. The van der Waals surface area contributed by atoms with Crippen LogP contribution >= 0.6 is 15.6 Å². The molecule has 2 aromatic heterocycles. The highest BCUT2D eigenvalue weighted by Gasteiger charge is 2.34. The van der Waals surface area contributed by atoms with Gasteiger partial charge >= 0.3 is 15.6 Å². The van der Waals surface area contributed by atoms with Gasteiger partial charge < -0.3 is 24.6 Å². The summed E-state index contributed by atoms with van der Waals surface area (Å²) in [4.78, 5) is 39.3. The molecule has 3 rings (SSSR count). The third kappa shape index (κ3) is 5.32. The van der Waals surface area contributed by atoms with Gasteiger partial charge in [0.1, 0.15) is 11.8 Å². The van der Waals surface area contributed by atoms with Crippen LogP contribution in [0.4, 0.5) is 5.82 Å². The molecule has 1 unspecified atom stereocenters. The fraction of sp³-hybridized carbons (Fsp3) is 0.615. The predicted molar refractivity (Wildman–Crippen MR) is 94.6 cm³/mol. The Hall–Kier alpha value is -1.39. The minimum atomic E-state index is -5.10. The molecule has 3 atom stereocenters. The maximum Gasteiger partial charge on any atom is 0.481 e. The molecule has 0 radical (unpaired) electrons. The standard InChI is InChI=1S/C13H21N5O7P2/c1-14-12-11-13(16-7-15-12)18(8-17-11)5-9-2-3-10(4-9)6-24-27(22,23)25-26(19,20)21/h7-10H,2-6H2,1H3,(H,22,23)(H,14,15,16)(H2,19,20,21)/t9-,10+/m0/s1. The molecule has 0 aromatic carbocycles. The van der Waals surface area contributed by atoms with E-state index >= 15 is 0 Å². The summed E-state index contributed by atoms with van der Waals surface area (Å²) in [6.07, 6.45) is 5.56. The van der Waals surface area contributed by atoms with Gasteiger partial charge in [0, 0.05) is 13.6 Å². The van der Waals surface area contributed by atoms with Crippen molar-refractivity contribution in [1.82, 2.24) is 19.5 Å². The molecule has 1 saturated carbocycles. The Kier molecular flexibility index (Phi) is 5.97. The van der Waals surface area contributed by atoms with Crippen molar-refractivity contribution in [1.29, 1.82) is 0 Å². The van der Waals surface area contributed by atoms with Crippen LogP contribution in [0.15, 0.2) is 12.7 Å². The first kappa shape index (κ1) is 20.3. The largest absolute Gasteiger partial charge is 0.481 e. The molecule has 2 aromatic rings. The summed E-state index contributed by atoms with van der Waals surface area (Å²) in [5.74, 6) is 0.943. The van der Waals surface area contributed by atoms with Crippen molar-refractivity contribution in [3.63, 3.8) is 0 Å². The predicted octanol–water partition coefficient (Wildman–Crippen LogP) is 1.51. The molecule has 1 aliphatic rings. The third-order valence-corrected chi connectivity index (χ3v) is 6.58. The van der Waals surface area contributed by atoms with Crippen LogP contribution < -0.4 is 5.32 Å². The number of anilines is 1. The number of imidazole rings is 1. The minimum Gasteiger partial charge on any atom is -0.371 e. The summed E-state index contributed by atoms with van der Waals surface area (Å²) in [5, 5.41) is 2.97. The Labute approximate surface area is 154 Å². The Morgan fingerprint density at radius 3 is 2.67 bits per heavy atom. The number of nitrogens with zero attached hydrogens (tertiary/aromatic N) is 4. The van der Waals surface area contributed by atoms with Gasteiger partial charge in [0.05, 0.1) is 12.9 Å². The number of fused-ring (bicyclic) bond motifs is 1. The van der Waals surface area contributed by atoms with Crippen LogP contribution in [0, 0.1) is 11.8 Å². The number of phosphoric acid groups is 2. The van der Waals surface area contributed by atoms with Gasteiger partial charge in [-0.15, -0.1) is 0 Å². The van der Waals surface area contributed by atoms with Crippen molar-refractivity contribution in [3.8, 4) is 0 Å². The van der Waals surface area contributed by atoms with Gasteiger partial charge in [0.15, 0.2) is 11.5 Å². The van der Waals surface area contributed by atoms with E-state index < -0.39 is 15.6 Å². The SMILES string of the molecule is CNc1ncnc2c1ncn2C[C@H]1CC[C@@H](COP(=O)(O)OP(=O)(O)O)C1. The van der Waals surface area contributed by atoms with E-state index in [1.807, 2.05) is 4.57 Å². The molecule has 4 N–H and O–H groups in total. The van der Waals surface area contributed by atoms with E-state index in [1.54, 1.807) is 13.4 Å². The Bertz CT molecular complexity index is 900. The van der Waals surface area contributed by atoms with Crippen molar-refractivity contribution in [2.45, 2.75) is 25.8 Å². The second kappa shape index (κ2) is 7.92. The molecule has 0 bridgehead atoms. The lowest BCUT2D eigenvalue weighted by Gasteiger charge is -2.16. The number of rotatable bonds is 8. The lowest BCUT2D eigenvalue weighted by molar-refractivity contribution is 0.156. The third-order valence-electron chi connectivity index (χ3n) is 4.43. The first-order chi connectivity index (χ1) is 12.7. The molecule has 1 fully saturated rings. The topological polar surface area (TPSA) is 169 Å². The molecular weight excluding hydrogens is 400 g/mol. The van der Waals surface area contributed by atoms with E-state index in [-0.39, 0.29) is 12.5 Å². The van der Waals surface area contributed by atoms with Gasteiger partial charge in [-0.2, -0.15) is 4.31 Å². The summed E-state index contributed by atoms with van der Waals surface area (Å²) in [6, 6.07) is 0. The van der Waals surface area contributed by atoms with Gasteiger partial charge in [0.2, 0.25) is 0 Å². The summed E-state index contributed by atoms with van der Waals surface area (Å²) < 4.78 is 32.6. The zero-order valence-electron chi connectivity index (χ0n) is 14.5. The molecular formula is C13H21N5O7P2. The molecule has 0 aliphatic heterocycles. The van der Waals surface area contributed by atoms with Crippen LogP contribution in [0.1, 0.15) is 19.3 Å². The van der Waals surface area contributed by atoms with E-state index in [0.29, 0.717) is 23.8 Å². The van der Waals surface area contributed by atoms with E-state index in [2.05, 4.69) is 24.6 Å². The first-order valence-corrected chi connectivity index (χ1v) is 11.3. The zero-order valence-corrected chi connectivity index (χ0v) is 16.3. The van der Waals surface area contributed by atoms with Gasteiger partial charge in [-0.25, -0.2) is 24.1 Å². The monoisotopic (exact) mass is 421 g/mol. The molecule has 2 heterocycles. The number of nitrogens with one attached hydrogen (secondary N) is 1. The Balaban J connectivity index is 1.56. The first-order valence-electron chi connectivity index (χ1n) is 8.24.